The second-order valence-electron chi connectivity index (χ2n) is 6.44. The van der Waals surface area contributed by atoms with Crippen molar-refractivity contribution in [3.63, 3.8) is 0 Å². The van der Waals surface area contributed by atoms with E-state index in [0.717, 1.165) is 25.2 Å². The molecule has 0 aromatic heterocycles. The number of hydrogen-bond acceptors (Lipinski definition) is 3. The van der Waals surface area contributed by atoms with Crippen LogP contribution in [0, 0.1) is 11.3 Å². The molecule has 1 amide bonds. The van der Waals surface area contributed by atoms with Gasteiger partial charge >= 0.3 is 0 Å². The smallest absolute Gasteiger partial charge is 0.248 e. The van der Waals surface area contributed by atoms with Crippen molar-refractivity contribution in [2.75, 3.05) is 23.7 Å². The molecular weight excluding hydrogens is 238 g/mol. The Labute approximate surface area is 114 Å². The number of carbonyl (C=O) groups is 1. The predicted octanol–water partition coefficient (Wildman–Crippen LogP) is 2.24. The van der Waals surface area contributed by atoms with Crippen molar-refractivity contribution < 1.29 is 4.79 Å². The fourth-order valence-corrected chi connectivity index (χ4v) is 2.66. The van der Waals surface area contributed by atoms with Crippen LogP contribution in [0.2, 0.25) is 0 Å². The third-order valence-corrected chi connectivity index (χ3v) is 4.07. The van der Waals surface area contributed by atoms with Gasteiger partial charge in [0.25, 0.3) is 0 Å². The summed E-state index contributed by atoms with van der Waals surface area (Å²) in [5.41, 5.74) is 13.8. The molecule has 0 spiro atoms. The van der Waals surface area contributed by atoms with E-state index < -0.39 is 5.91 Å². The van der Waals surface area contributed by atoms with Crippen molar-refractivity contribution in [1.29, 1.82) is 0 Å². The molecule has 1 aliphatic heterocycles. The Balaban J connectivity index is 2.24. The molecule has 4 N–H and O–H groups in total. The van der Waals surface area contributed by atoms with Crippen molar-refractivity contribution in [2.24, 2.45) is 17.1 Å². The van der Waals surface area contributed by atoms with Gasteiger partial charge < -0.3 is 16.4 Å². The fraction of sp³-hybridized carbons (Fsp3) is 0.533. The van der Waals surface area contributed by atoms with Crippen molar-refractivity contribution in [3.8, 4) is 0 Å². The molecule has 1 unspecified atom stereocenters. The minimum absolute atomic E-state index is 0.296. The topological polar surface area (TPSA) is 72.3 Å². The monoisotopic (exact) mass is 261 g/mol. The maximum atomic E-state index is 11.3. The summed E-state index contributed by atoms with van der Waals surface area (Å²) >= 11 is 0. The molecule has 0 bridgehead atoms. The van der Waals surface area contributed by atoms with Crippen molar-refractivity contribution in [3.05, 3.63) is 23.8 Å². The zero-order chi connectivity index (χ0) is 14.2. The van der Waals surface area contributed by atoms with E-state index in [4.69, 9.17) is 11.5 Å². The lowest BCUT2D eigenvalue weighted by molar-refractivity contribution is 0.100. The van der Waals surface area contributed by atoms with Crippen LogP contribution in [0.1, 0.15) is 37.6 Å². The number of amides is 1. The second-order valence-corrected chi connectivity index (χ2v) is 6.44. The summed E-state index contributed by atoms with van der Waals surface area (Å²) < 4.78 is 0. The van der Waals surface area contributed by atoms with Gasteiger partial charge in [-0.3, -0.25) is 4.79 Å². The number of hydrogen-bond donors (Lipinski definition) is 2. The van der Waals surface area contributed by atoms with Gasteiger partial charge in [0.15, 0.2) is 0 Å². The van der Waals surface area contributed by atoms with E-state index in [2.05, 4.69) is 25.7 Å². The van der Waals surface area contributed by atoms with E-state index >= 15 is 0 Å². The minimum Gasteiger partial charge on any atom is -0.397 e. The summed E-state index contributed by atoms with van der Waals surface area (Å²) in [5.74, 6) is 0.233. The van der Waals surface area contributed by atoms with Gasteiger partial charge in [0.05, 0.1) is 11.4 Å². The molecule has 1 saturated heterocycles. The van der Waals surface area contributed by atoms with Crippen LogP contribution in [0.25, 0.3) is 0 Å². The van der Waals surface area contributed by atoms with Crippen LogP contribution >= 0.6 is 0 Å². The molecular formula is C15H23N3O. The number of nitrogens with zero attached hydrogens (tertiary/aromatic N) is 1. The molecule has 4 nitrogen and oxygen atoms in total. The largest absolute Gasteiger partial charge is 0.397 e. The number of nitrogens with two attached hydrogens (primary N) is 2. The zero-order valence-electron chi connectivity index (χ0n) is 11.9. The summed E-state index contributed by atoms with van der Waals surface area (Å²) in [6, 6.07) is 5.25. The first kappa shape index (κ1) is 13.7. The number of nitrogen functional groups attached to an aromatic ring is 1. The molecule has 1 atom stereocenters. The Kier molecular flexibility index (Phi) is 3.43. The third kappa shape index (κ3) is 2.83. The first-order valence-corrected chi connectivity index (χ1v) is 6.73. The van der Waals surface area contributed by atoms with Crippen LogP contribution in [0.15, 0.2) is 18.2 Å². The van der Waals surface area contributed by atoms with Crippen LogP contribution in [-0.2, 0) is 0 Å². The number of carbonyl (C=O) groups excluding carboxylic acids is 1. The summed E-state index contributed by atoms with van der Waals surface area (Å²) in [6.07, 6.45) is 1.16. The molecule has 0 saturated carbocycles. The maximum Gasteiger partial charge on any atom is 0.248 e. The SMILES string of the molecule is CC(C)(C)C1CCN(c2cc(C(N)=O)ccc2N)C1. The molecule has 0 aliphatic carbocycles. The van der Waals surface area contributed by atoms with Gasteiger partial charge in [-0.05, 0) is 36.0 Å². The van der Waals surface area contributed by atoms with Gasteiger partial charge in [-0.1, -0.05) is 20.8 Å². The molecule has 104 valence electrons. The lowest BCUT2D eigenvalue weighted by Crippen LogP contribution is -2.26. The molecule has 2 rings (SSSR count). The quantitative estimate of drug-likeness (QED) is 0.802. The average molecular weight is 261 g/mol. The molecule has 19 heavy (non-hydrogen) atoms. The predicted molar refractivity (Wildman–Crippen MR) is 79.1 cm³/mol. The molecule has 1 fully saturated rings. The number of benzene rings is 1. The molecule has 1 heterocycles. The first-order chi connectivity index (χ1) is 8.79. The summed E-state index contributed by atoms with van der Waals surface area (Å²) in [4.78, 5) is 13.5. The third-order valence-electron chi connectivity index (χ3n) is 4.07. The van der Waals surface area contributed by atoms with E-state index in [1.165, 1.54) is 0 Å². The van der Waals surface area contributed by atoms with Gasteiger partial charge in [0, 0.05) is 18.7 Å². The number of anilines is 2. The highest BCUT2D eigenvalue weighted by molar-refractivity contribution is 5.95. The highest BCUT2D eigenvalue weighted by Gasteiger charge is 2.32. The Morgan fingerprint density at radius 3 is 2.58 bits per heavy atom. The van der Waals surface area contributed by atoms with Gasteiger partial charge in [0.1, 0.15) is 0 Å². The fourth-order valence-electron chi connectivity index (χ4n) is 2.66. The molecule has 0 radical (unpaired) electrons. The zero-order valence-corrected chi connectivity index (χ0v) is 11.9. The van der Waals surface area contributed by atoms with Crippen molar-refractivity contribution in [1.82, 2.24) is 0 Å². The second kappa shape index (κ2) is 4.76. The van der Waals surface area contributed by atoms with Crippen molar-refractivity contribution in [2.45, 2.75) is 27.2 Å². The number of primary amides is 1. The molecule has 1 aromatic rings. The highest BCUT2D eigenvalue weighted by Crippen LogP contribution is 2.37. The van der Waals surface area contributed by atoms with Crippen molar-refractivity contribution >= 4 is 17.3 Å². The summed E-state index contributed by atoms with van der Waals surface area (Å²) in [5, 5.41) is 0. The van der Waals surface area contributed by atoms with Crippen LogP contribution in [0.3, 0.4) is 0 Å². The van der Waals surface area contributed by atoms with E-state index in [9.17, 15) is 4.79 Å². The van der Waals surface area contributed by atoms with Crippen LogP contribution in [0.4, 0.5) is 11.4 Å². The Hall–Kier alpha value is -1.71. The highest BCUT2D eigenvalue weighted by atomic mass is 16.1. The maximum absolute atomic E-state index is 11.3. The Morgan fingerprint density at radius 1 is 1.37 bits per heavy atom. The Bertz CT molecular complexity index is 491. The van der Waals surface area contributed by atoms with Gasteiger partial charge in [-0.25, -0.2) is 0 Å². The van der Waals surface area contributed by atoms with E-state index in [1.54, 1.807) is 12.1 Å². The van der Waals surface area contributed by atoms with Gasteiger partial charge in [-0.2, -0.15) is 0 Å². The Morgan fingerprint density at radius 2 is 2.05 bits per heavy atom. The van der Waals surface area contributed by atoms with E-state index in [1.807, 2.05) is 6.07 Å². The minimum atomic E-state index is -0.409. The van der Waals surface area contributed by atoms with Crippen LogP contribution in [0.5, 0.6) is 0 Å². The first-order valence-electron chi connectivity index (χ1n) is 6.73. The normalized spacial score (nSPS) is 19.7. The standard InChI is InChI=1S/C15H23N3O/c1-15(2,3)11-6-7-18(9-11)13-8-10(14(17)19)4-5-12(13)16/h4-5,8,11H,6-7,9,16H2,1-3H3,(H2,17,19). The van der Waals surface area contributed by atoms with Gasteiger partial charge in [0.2, 0.25) is 5.91 Å². The summed E-state index contributed by atoms with van der Waals surface area (Å²) in [7, 11) is 0. The summed E-state index contributed by atoms with van der Waals surface area (Å²) in [6.45, 7) is 8.77. The molecule has 4 heteroatoms. The van der Waals surface area contributed by atoms with E-state index in [0.29, 0.717) is 22.6 Å². The average Bonchev–Trinajstić information content (AvgIpc) is 2.78. The van der Waals surface area contributed by atoms with Gasteiger partial charge in [-0.15, -0.1) is 0 Å². The lowest BCUT2D eigenvalue weighted by Gasteiger charge is -2.28. The van der Waals surface area contributed by atoms with Crippen LogP contribution in [-0.4, -0.2) is 19.0 Å². The van der Waals surface area contributed by atoms with Crippen LogP contribution < -0.4 is 16.4 Å². The molecule has 1 aromatic carbocycles. The molecule has 1 aliphatic rings. The van der Waals surface area contributed by atoms with E-state index in [-0.39, 0.29) is 0 Å². The lowest BCUT2D eigenvalue weighted by atomic mass is 9.80. The number of rotatable bonds is 2.